The summed E-state index contributed by atoms with van der Waals surface area (Å²) in [6, 6.07) is 2.20. The predicted octanol–water partition coefficient (Wildman–Crippen LogP) is 2.12. The van der Waals surface area contributed by atoms with Gasteiger partial charge >= 0.3 is 0 Å². The molecular weight excluding hydrogens is 324 g/mol. The number of rotatable bonds is 5. The van der Waals surface area contributed by atoms with Crippen LogP contribution in [0.15, 0.2) is 16.8 Å². The first-order chi connectivity index (χ1) is 11.7. The van der Waals surface area contributed by atoms with E-state index >= 15 is 0 Å². The van der Waals surface area contributed by atoms with Gasteiger partial charge in [0.25, 0.3) is 0 Å². The molecule has 132 valence electrons. The SMILES string of the molecule is O=C(CO[C@H]1CO[C@@]2(CCN(Cc3ccsc3)C2)C1)N1CCCC1. The van der Waals surface area contributed by atoms with Gasteiger partial charge in [-0.3, -0.25) is 9.69 Å². The average Bonchev–Trinajstić information content (AvgIpc) is 3.35. The Morgan fingerprint density at radius 2 is 2.25 bits per heavy atom. The number of carbonyl (C=O) groups excluding carboxylic acids is 1. The fourth-order valence-electron chi connectivity index (χ4n) is 4.14. The Hall–Kier alpha value is -0.950. The van der Waals surface area contributed by atoms with E-state index in [1.165, 1.54) is 5.56 Å². The Morgan fingerprint density at radius 3 is 3.04 bits per heavy atom. The highest BCUT2D eigenvalue weighted by Crippen LogP contribution is 2.36. The third-order valence-electron chi connectivity index (χ3n) is 5.46. The Kier molecular flexibility index (Phi) is 4.90. The molecule has 0 unspecified atom stereocenters. The topological polar surface area (TPSA) is 42.0 Å². The number of carbonyl (C=O) groups is 1. The van der Waals surface area contributed by atoms with Crippen molar-refractivity contribution >= 4 is 17.2 Å². The summed E-state index contributed by atoms with van der Waals surface area (Å²) in [4.78, 5) is 16.5. The van der Waals surface area contributed by atoms with Crippen LogP contribution in [0.25, 0.3) is 0 Å². The first-order valence-corrected chi connectivity index (χ1v) is 9.94. The van der Waals surface area contributed by atoms with Crippen LogP contribution in [0.1, 0.15) is 31.2 Å². The predicted molar refractivity (Wildman–Crippen MR) is 93.1 cm³/mol. The van der Waals surface area contributed by atoms with Crippen LogP contribution in [-0.2, 0) is 20.8 Å². The molecule has 5 nitrogen and oxygen atoms in total. The van der Waals surface area contributed by atoms with Gasteiger partial charge in [0.1, 0.15) is 6.61 Å². The molecule has 3 aliphatic heterocycles. The second kappa shape index (κ2) is 7.12. The van der Waals surface area contributed by atoms with Crippen LogP contribution in [0.2, 0.25) is 0 Å². The molecule has 1 aromatic heterocycles. The van der Waals surface area contributed by atoms with Crippen molar-refractivity contribution in [1.29, 1.82) is 0 Å². The summed E-state index contributed by atoms with van der Waals surface area (Å²) < 4.78 is 12.0. The lowest BCUT2D eigenvalue weighted by atomic mass is 9.98. The minimum Gasteiger partial charge on any atom is -0.371 e. The van der Waals surface area contributed by atoms with Crippen molar-refractivity contribution in [2.75, 3.05) is 39.4 Å². The molecule has 0 aromatic carbocycles. The molecule has 4 rings (SSSR count). The molecule has 3 saturated heterocycles. The third kappa shape index (κ3) is 3.67. The Labute approximate surface area is 147 Å². The summed E-state index contributed by atoms with van der Waals surface area (Å²) in [5.74, 6) is 0.138. The van der Waals surface area contributed by atoms with Gasteiger partial charge in [-0.2, -0.15) is 11.3 Å². The summed E-state index contributed by atoms with van der Waals surface area (Å²) >= 11 is 1.75. The lowest BCUT2D eigenvalue weighted by Crippen LogP contribution is -2.34. The van der Waals surface area contributed by atoms with E-state index in [2.05, 4.69) is 21.7 Å². The van der Waals surface area contributed by atoms with E-state index in [1.807, 2.05) is 4.90 Å². The van der Waals surface area contributed by atoms with Gasteiger partial charge in [0.15, 0.2) is 0 Å². The number of nitrogens with zero attached hydrogens (tertiary/aromatic N) is 2. The van der Waals surface area contributed by atoms with E-state index in [0.29, 0.717) is 6.61 Å². The molecule has 3 fully saturated rings. The number of ether oxygens (including phenoxy) is 2. The molecular formula is C18H26N2O3S. The van der Waals surface area contributed by atoms with E-state index in [-0.39, 0.29) is 24.2 Å². The molecule has 0 saturated carbocycles. The molecule has 3 aliphatic rings. The molecule has 6 heteroatoms. The Bertz CT molecular complexity index is 559. The van der Waals surface area contributed by atoms with Crippen molar-refractivity contribution in [3.63, 3.8) is 0 Å². The van der Waals surface area contributed by atoms with Crippen LogP contribution in [0.5, 0.6) is 0 Å². The molecule has 0 aliphatic carbocycles. The molecule has 0 N–H and O–H groups in total. The van der Waals surface area contributed by atoms with Gasteiger partial charge in [0.05, 0.1) is 18.3 Å². The molecule has 24 heavy (non-hydrogen) atoms. The molecule has 1 spiro atoms. The fraction of sp³-hybridized carbons (Fsp3) is 0.722. The highest BCUT2D eigenvalue weighted by Gasteiger charge is 2.46. The molecule has 2 atom stereocenters. The maximum atomic E-state index is 12.1. The van der Waals surface area contributed by atoms with Gasteiger partial charge < -0.3 is 14.4 Å². The summed E-state index contributed by atoms with van der Waals surface area (Å²) in [7, 11) is 0. The second-order valence-electron chi connectivity index (χ2n) is 7.31. The van der Waals surface area contributed by atoms with Crippen molar-refractivity contribution in [3.8, 4) is 0 Å². The summed E-state index contributed by atoms with van der Waals surface area (Å²) in [5.41, 5.74) is 1.33. The van der Waals surface area contributed by atoms with E-state index < -0.39 is 0 Å². The zero-order valence-corrected chi connectivity index (χ0v) is 14.9. The number of hydrogen-bond acceptors (Lipinski definition) is 5. The van der Waals surface area contributed by atoms with Crippen molar-refractivity contribution in [3.05, 3.63) is 22.4 Å². The van der Waals surface area contributed by atoms with Crippen LogP contribution in [0.3, 0.4) is 0 Å². The fourth-order valence-corrected chi connectivity index (χ4v) is 4.80. The Morgan fingerprint density at radius 1 is 1.38 bits per heavy atom. The first-order valence-electron chi connectivity index (χ1n) is 8.99. The van der Waals surface area contributed by atoms with Crippen LogP contribution >= 0.6 is 11.3 Å². The molecule has 1 aromatic rings. The maximum Gasteiger partial charge on any atom is 0.248 e. The smallest absolute Gasteiger partial charge is 0.248 e. The van der Waals surface area contributed by atoms with Crippen LogP contribution in [-0.4, -0.2) is 66.8 Å². The van der Waals surface area contributed by atoms with E-state index in [4.69, 9.17) is 9.47 Å². The van der Waals surface area contributed by atoms with E-state index in [1.54, 1.807) is 11.3 Å². The minimum absolute atomic E-state index is 0.0582. The highest BCUT2D eigenvalue weighted by atomic mass is 32.1. The van der Waals surface area contributed by atoms with Gasteiger partial charge in [0.2, 0.25) is 5.91 Å². The number of thiophene rings is 1. The molecule has 4 heterocycles. The van der Waals surface area contributed by atoms with Crippen molar-refractivity contribution in [2.24, 2.45) is 0 Å². The lowest BCUT2D eigenvalue weighted by Gasteiger charge is -2.23. The molecule has 0 bridgehead atoms. The molecule has 0 radical (unpaired) electrons. The monoisotopic (exact) mass is 350 g/mol. The van der Waals surface area contributed by atoms with Gasteiger partial charge in [-0.15, -0.1) is 0 Å². The molecule has 1 amide bonds. The van der Waals surface area contributed by atoms with Gasteiger partial charge in [0, 0.05) is 39.1 Å². The van der Waals surface area contributed by atoms with Crippen LogP contribution in [0, 0.1) is 0 Å². The van der Waals surface area contributed by atoms with E-state index in [0.717, 1.165) is 58.4 Å². The highest BCUT2D eigenvalue weighted by molar-refractivity contribution is 7.07. The van der Waals surface area contributed by atoms with E-state index in [9.17, 15) is 4.79 Å². The van der Waals surface area contributed by atoms with Gasteiger partial charge in [-0.25, -0.2) is 0 Å². The maximum absolute atomic E-state index is 12.1. The second-order valence-corrected chi connectivity index (χ2v) is 8.09. The van der Waals surface area contributed by atoms with Crippen LogP contribution < -0.4 is 0 Å². The van der Waals surface area contributed by atoms with Crippen LogP contribution in [0.4, 0.5) is 0 Å². The summed E-state index contributed by atoms with van der Waals surface area (Å²) in [6.07, 6.45) is 4.30. The zero-order chi connectivity index (χ0) is 16.4. The largest absolute Gasteiger partial charge is 0.371 e. The standard InChI is InChI=1S/C18H26N2O3S/c21-17(20-5-1-2-6-20)12-22-16-9-18(23-11-16)4-7-19(14-18)10-15-3-8-24-13-15/h3,8,13,16H,1-2,4-7,9-12,14H2/t16-,18+/m1/s1. The van der Waals surface area contributed by atoms with Crippen molar-refractivity contribution in [1.82, 2.24) is 9.80 Å². The quantitative estimate of drug-likeness (QED) is 0.816. The first kappa shape index (κ1) is 16.5. The number of amides is 1. The summed E-state index contributed by atoms with van der Waals surface area (Å²) in [6.45, 7) is 5.68. The lowest BCUT2D eigenvalue weighted by molar-refractivity contribution is -0.137. The minimum atomic E-state index is -0.0582. The van der Waals surface area contributed by atoms with Crippen molar-refractivity contribution in [2.45, 2.75) is 43.9 Å². The van der Waals surface area contributed by atoms with Gasteiger partial charge in [-0.05, 0) is 41.7 Å². The van der Waals surface area contributed by atoms with Crippen molar-refractivity contribution < 1.29 is 14.3 Å². The third-order valence-corrected chi connectivity index (χ3v) is 6.19. The van der Waals surface area contributed by atoms with Gasteiger partial charge in [-0.1, -0.05) is 0 Å². The summed E-state index contributed by atoms with van der Waals surface area (Å²) in [5, 5.41) is 4.35. The average molecular weight is 350 g/mol. The normalized spacial score (nSPS) is 30.7. The zero-order valence-electron chi connectivity index (χ0n) is 14.1. The number of likely N-dealkylation sites (tertiary alicyclic amines) is 2. The Balaban J connectivity index is 1.23. The number of hydrogen-bond donors (Lipinski definition) is 0.